The minimum atomic E-state index is -0.567. The summed E-state index contributed by atoms with van der Waals surface area (Å²) in [6, 6.07) is 43.3. The van der Waals surface area contributed by atoms with Crippen LogP contribution in [0.4, 0.5) is 11.4 Å². The second-order valence-corrected chi connectivity index (χ2v) is 15.0. The summed E-state index contributed by atoms with van der Waals surface area (Å²) in [6.45, 7) is 0. The minimum Gasteiger partial charge on any atom is -0.354 e. The van der Waals surface area contributed by atoms with Gasteiger partial charge in [0.05, 0.1) is 66.1 Å². The first-order chi connectivity index (χ1) is 29.2. The monoisotopic (exact) mass is 782 g/mol. The molecule has 0 spiro atoms. The molecule has 0 saturated carbocycles. The summed E-state index contributed by atoms with van der Waals surface area (Å²) in [5, 5.41) is 7.38. The number of amides is 2. The molecule has 5 heterocycles. The van der Waals surface area contributed by atoms with E-state index in [-0.39, 0.29) is 5.56 Å². The Morgan fingerprint density at radius 3 is 1.28 bits per heavy atom. The molecule has 12 heteroatoms. The third-order valence-corrected chi connectivity index (χ3v) is 11.7. The molecule has 0 aliphatic carbocycles. The Morgan fingerprint density at radius 2 is 0.717 bits per heavy atom. The van der Waals surface area contributed by atoms with E-state index >= 15 is 0 Å². The average Bonchev–Trinajstić information content (AvgIpc) is 3.95. The van der Waals surface area contributed by atoms with Crippen LogP contribution in [0.1, 0.15) is 20.7 Å². The van der Waals surface area contributed by atoms with Crippen molar-refractivity contribution in [1.29, 1.82) is 0 Å². The summed E-state index contributed by atoms with van der Waals surface area (Å²) in [5.41, 5.74) is 6.58. The van der Waals surface area contributed by atoms with Crippen LogP contribution in [-0.2, 0) is 0 Å². The van der Waals surface area contributed by atoms with Crippen LogP contribution in [0.15, 0.2) is 165 Å². The number of nitrogens with zero attached hydrogens (tertiary/aromatic N) is 4. The molecule has 2 N–H and O–H groups in total. The largest absolute Gasteiger partial charge is 0.354 e. The van der Waals surface area contributed by atoms with E-state index in [1.165, 1.54) is 0 Å². The molecule has 0 radical (unpaired) electrons. The number of anilines is 2. The van der Waals surface area contributed by atoms with Crippen LogP contribution in [0.2, 0.25) is 0 Å². The van der Waals surface area contributed by atoms with E-state index in [0.29, 0.717) is 93.9 Å². The van der Waals surface area contributed by atoms with Crippen LogP contribution in [0.25, 0.3) is 77.0 Å². The molecule has 1 aliphatic heterocycles. The Balaban J connectivity index is 1.07. The number of carbonyl (C=O) groups excluding carboxylic acids is 2. The number of nitrogens with one attached hydrogen (secondary N) is 2. The maximum Gasteiger partial charge on any atom is 0.282 e. The van der Waals surface area contributed by atoms with E-state index in [4.69, 9.17) is 0 Å². The fraction of sp³-hybridized carbons (Fsp3) is 0. The van der Waals surface area contributed by atoms with Crippen LogP contribution in [-0.4, -0.2) is 29.9 Å². The van der Waals surface area contributed by atoms with Crippen molar-refractivity contribution in [3.05, 3.63) is 198 Å². The molecule has 12 rings (SSSR count). The molecule has 1 aliphatic rings. The molecule has 7 aromatic carbocycles. The number of imide groups is 1. The van der Waals surface area contributed by atoms with Gasteiger partial charge in [0.1, 0.15) is 0 Å². The van der Waals surface area contributed by atoms with E-state index in [9.17, 15) is 28.8 Å². The Bertz CT molecular complexity index is 3790. The van der Waals surface area contributed by atoms with Crippen LogP contribution in [0, 0.1) is 0 Å². The molecular formula is C48H26N6O6. The van der Waals surface area contributed by atoms with Gasteiger partial charge in [-0.3, -0.25) is 34.1 Å². The summed E-state index contributed by atoms with van der Waals surface area (Å²) >= 11 is 0. The van der Waals surface area contributed by atoms with E-state index in [2.05, 4.69) is 10.6 Å². The number of benzene rings is 7. The van der Waals surface area contributed by atoms with Crippen LogP contribution in [0.3, 0.4) is 0 Å². The lowest BCUT2D eigenvalue weighted by molar-refractivity contribution is 0.0849. The zero-order chi connectivity index (χ0) is 40.6. The van der Waals surface area contributed by atoms with Gasteiger partial charge in [-0.2, -0.15) is 9.03 Å². The zero-order valence-corrected chi connectivity index (χ0v) is 31.1. The van der Waals surface area contributed by atoms with Crippen molar-refractivity contribution in [2.75, 3.05) is 5.32 Å². The van der Waals surface area contributed by atoms with Crippen molar-refractivity contribution in [2.24, 2.45) is 0 Å². The molecule has 0 atom stereocenters. The molecule has 0 saturated heterocycles. The first kappa shape index (κ1) is 33.5. The van der Waals surface area contributed by atoms with Crippen molar-refractivity contribution in [1.82, 2.24) is 23.4 Å². The Labute approximate surface area is 335 Å². The van der Waals surface area contributed by atoms with Crippen LogP contribution < -0.4 is 32.9 Å². The highest BCUT2D eigenvalue weighted by Gasteiger charge is 2.24. The van der Waals surface area contributed by atoms with Gasteiger partial charge in [0, 0.05) is 0 Å². The quantitative estimate of drug-likeness (QED) is 0.185. The number of fused-ring (bicyclic) bond motifs is 12. The fourth-order valence-electron chi connectivity index (χ4n) is 8.84. The van der Waals surface area contributed by atoms with E-state index in [1.807, 2.05) is 72.8 Å². The fourth-order valence-corrected chi connectivity index (χ4v) is 8.84. The summed E-state index contributed by atoms with van der Waals surface area (Å²) in [6.07, 6.45) is 0. The van der Waals surface area contributed by atoms with Gasteiger partial charge in [-0.25, -0.2) is 9.03 Å². The molecule has 60 heavy (non-hydrogen) atoms. The van der Waals surface area contributed by atoms with Gasteiger partial charge in [0.25, 0.3) is 34.1 Å². The van der Waals surface area contributed by atoms with Crippen molar-refractivity contribution in [2.45, 2.75) is 0 Å². The zero-order valence-electron chi connectivity index (χ0n) is 31.1. The number of aromatic nitrogens is 4. The minimum absolute atomic E-state index is 0.257. The van der Waals surface area contributed by atoms with Crippen LogP contribution >= 0.6 is 0 Å². The summed E-state index contributed by atoms with van der Waals surface area (Å²) in [7, 11) is 0. The molecule has 4 aromatic heterocycles. The SMILES string of the molecule is O=C1NC(=O)c2cc(-c3cc(-c4ccc5c(c4)c(=O)n4c(=O)c6ccccc6n54)cc(-c4ccc5c(c4)c(=O)n4c(=O)c6ccccc6n54)c3)ccc2Nc2ccccc21. The molecule has 0 bridgehead atoms. The second-order valence-electron chi connectivity index (χ2n) is 15.0. The third kappa shape index (κ3) is 4.55. The van der Waals surface area contributed by atoms with Gasteiger partial charge in [-0.05, 0) is 124 Å². The maximum absolute atomic E-state index is 13.9. The molecule has 284 valence electrons. The first-order valence-electron chi connectivity index (χ1n) is 19.1. The van der Waals surface area contributed by atoms with E-state index in [0.717, 1.165) is 9.03 Å². The van der Waals surface area contributed by atoms with Gasteiger partial charge < -0.3 is 5.32 Å². The summed E-state index contributed by atoms with van der Waals surface area (Å²) < 4.78 is 5.61. The van der Waals surface area contributed by atoms with E-state index < -0.39 is 34.1 Å². The van der Waals surface area contributed by atoms with Gasteiger partial charge in [-0.15, -0.1) is 0 Å². The molecule has 11 aromatic rings. The standard InChI is InChI=1S/C48H26N6O6/c55-43-31-7-1-4-10-37(31)49-38-16-13-25(22-34(38)44(56)50-43)28-19-29(26-14-17-41-35(23-26)47(59)53-45(57)32-8-2-5-11-39(32)51(41)53)21-30(20-28)27-15-18-42-36(24-27)48(60)54-46(58)33-9-3-6-12-40(33)52(42)54/h1-24,49H,(H,50,55,56). The predicted molar refractivity (Wildman–Crippen MR) is 231 cm³/mol. The van der Waals surface area contributed by atoms with Gasteiger partial charge >= 0.3 is 0 Å². The Hall–Kier alpha value is -8.64. The van der Waals surface area contributed by atoms with Crippen LogP contribution in [0.5, 0.6) is 0 Å². The highest BCUT2D eigenvalue weighted by molar-refractivity contribution is 6.16. The highest BCUT2D eigenvalue weighted by Crippen LogP contribution is 2.37. The summed E-state index contributed by atoms with van der Waals surface area (Å²) in [5.74, 6) is -1.09. The lowest BCUT2D eigenvalue weighted by Gasteiger charge is -2.19. The predicted octanol–water partition coefficient (Wildman–Crippen LogP) is 6.95. The number of hydrogen-bond acceptors (Lipinski definition) is 7. The number of carbonyl (C=O) groups is 2. The Kier molecular flexibility index (Phi) is 6.67. The highest BCUT2D eigenvalue weighted by atomic mass is 16.2. The molecular weight excluding hydrogens is 757 g/mol. The maximum atomic E-state index is 13.9. The third-order valence-electron chi connectivity index (χ3n) is 11.7. The molecule has 0 fully saturated rings. The molecule has 12 nitrogen and oxygen atoms in total. The average molecular weight is 783 g/mol. The molecule has 2 amide bonds. The Morgan fingerprint density at radius 1 is 0.300 bits per heavy atom. The topological polar surface area (TPSA) is 144 Å². The van der Waals surface area contributed by atoms with Crippen molar-refractivity contribution < 1.29 is 9.59 Å². The first-order valence-corrected chi connectivity index (χ1v) is 19.1. The van der Waals surface area contributed by atoms with Gasteiger partial charge in [0.15, 0.2) is 0 Å². The van der Waals surface area contributed by atoms with Crippen molar-refractivity contribution in [3.63, 3.8) is 0 Å². The number of rotatable bonds is 3. The number of para-hydroxylation sites is 3. The van der Waals surface area contributed by atoms with Crippen molar-refractivity contribution in [3.8, 4) is 33.4 Å². The number of hydrogen-bond donors (Lipinski definition) is 2. The normalized spacial score (nSPS) is 12.9. The van der Waals surface area contributed by atoms with E-state index in [1.54, 1.807) is 81.8 Å². The summed E-state index contributed by atoms with van der Waals surface area (Å²) in [4.78, 5) is 81.2. The lowest BCUT2D eigenvalue weighted by atomic mass is 9.91. The smallest absolute Gasteiger partial charge is 0.282 e. The van der Waals surface area contributed by atoms with Gasteiger partial charge in [0.2, 0.25) is 0 Å². The lowest BCUT2D eigenvalue weighted by Crippen LogP contribution is -2.33. The second kappa shape index (κ2) is 11.9. The molecule has 0 unspecified atom stereocenters. The van der Waals surface area contributed by atoms with Gasteiger partial charge in [-0.1, -0.05) is 54.6 Å². The van der Waals surface area contributed by atoms with Crippen molar-refractivity contribution >= 4 is 66.8 Å².